The van der Waals surface area contributed by atoms with Crippen molar-refractivity contribution < 1.29 is 23.7 Å². The van der Waals surface area contributed by atoms with Crippen LogP contribution in [0.4, 0.5) is 11.6 Å². The zero-order valence-corrected chi connectivity index (χ0v) is 19.7. The highest BCUT2D eigenvalue weighted by atomic mass is 16.5. The molecule has 0 unspecified atom stereocenters. The first kappa shape index (κ1) is 23.0. The summed E-state index contributed by atoms with van der Waals surface area (Å²) in [6.45, 7) is 4.20. The molecule has 3 aromatic rings. The minimum Gasteiger partial charge on any atom is -0.497 e. The molecule has 1 aromatic heterocycles. The highest BCUT2D eigenvalue weighted by molar-refractivity contribution is 6.06. The number of methoxy groups -OCH3 is 3. The second-order valence-corrected chi connectivity index (χ2v) is 7.46. The number of hydrogen-bond donors (Lipinski definition) is 2. The van der Waals surface area contributed by atoms with Crippen LogP contribution < -0.4 is 29.6 Å². The largest absolute Gasteiger partial charge is 0.497 e. The molecule has 1 atom stereocenters. The van der Waals surface area contributed by atoms with Gasteiger partial charge in [-0.3, -0.25) is 4.79 Å². The average molecular weight is 466 g/mol. The van der Waals surface area contributed by atoms with Crippen LogP contribution in [0.2, 0.25) is 0 Å². The lowest BCUT2D eigenvalue weighted by molar-refractivity contribution is -0.113. The van der Waals surface area contributed by atoms with Crippen LogP contribution in [0.3, 0.4) is 0 Å². The number of allylic oxidation sites excluding steroid dienone is 1. The summed E-state index contributed by atoms with van der Waals surface area (Å²) in [6, 6.07) is 10.2. The molecule has 2 N–H and O–H groups in total. The van der Waals surface area contributed by atoms with Crippen molar-refractivity contribution in [2.75, 3.05) is 38.6 Å². The fraction of sp³-hybridized carbons (Fsp3) is 0.292. The van der Waals surface area contributed by atoms with Gasteiger partial charge in [-0.25, -0.2) is 4.68 Å². The first-order valence-electron chi connectivity index (χ1n) is 10.7. The van der Waals surface area contributed by atoms with Gasteiger partial charge in [0.05, 0.1) is 39.2 Å². The van der Waals surface area contributed by atoms with E-state index in [2.05, 4.69) is 20.7 Å². The Hall–Kier alpha value is -4.21. The summed E-state index contributed by atoms with van der Waals surface area (Å²) < 4.78 is 23.6. The van der Waals surface area contributed by atoms with E-state index in [-0.39, 0.29) is 5.91 Å². The molecule has 10 heteroatoms. The van der Waals surface area contributed by atoms with E-state index in [0.717, 1.165) is 5.56 Å². The molecule has 0 saturated heterocycles. The first-order chi connectivity index (χ1) is 16.5. The fourth-order valence-electron chi connectivity index (χ4n) is 3.92. The van der Waals surface area contributed by atoms with Gasteiger partial charge in [-0.15, -0.1) is 0 Å². The molecule has 1 amide bonds. The number of nitrogens with zero attached hydrogens (tertiary/aromatic N) is 3. The lowest BCUT2D eigenvalue weighted by atomic mass is 9.94. The molecule has 0 saturated carbocycles. The van der Waals surface area contributed by atoms with E-state index in [1.54, 1.807) is 37.1 Å². The van der Waals surface area contributed by atoms with Gasteiger partial charge in [0.2, 0.25) is 5.95 Å². The van der Waals surface area contributed by atoms with Crippen LogP contribution >= 0.6 is 0 Å². The summed E-state index contributed by atoms with van der Waals surface area (Å²) >= 11 is 0. The Bertz CT molecular complexity index is 1240. The van der Waals surface area contributed by atoms with Crippen molar-refractivity contribution in [3.8, 4) is 23.0 Å². The van der Waals surface area contributed by atoms with Crippen LogP contribution in [-0.2, 0) is 4.79 Å². The van der Waals surface area contributed by atoms with Gasteiger partial charge in [-0.1, -0.05) is 6.07 Å². The topological polar surface area (TPSA) is 109 Å². The molecule has 2 heterocycles. The number of carbonyl (C=O) groups excluding carboxylic acids is 1. The SMILES string of the molecule is CCOc1cc([C@@H]2C(C(=O)Nc3ccc(OC)cc3OC)=C(C)Nc3ncnn32)ccc1OC. The van der Waals surface area contributed by atoms with Crippen molar-refractivity contribution in [2.45, 2.75) is 19.9 Å². The predicted molar refractivity (Wildman–Crippen MR) is 127 cm³/mol. The molecule has 0 aliphatic carbocycles. The minimum atomic E-state index is -0.548. The quantitative estimate of drug-likeness (QED) is 0.519. The molecule has 10 nitrogen and oxygen atoms in total. The number of rotatable bonds is 8. The Balaban J connectivity index is 1.76. The Morgan fingerprint density at radius 1 is 1.06 bits per heavy atom. The summed E-state index contributed by atoms with van der Waals surface area (Å²) in [6.07, 6.45) is 1.45. The average Bonchev–Trinajstić information content (AvgIpc) is 3.31. The van der Waals surface area contributed by atoms with Crippen molar-refractivity contribution in [1.29, 1.82) is 0 Å². The lowest BCUT2D eigenvalue weighted by Gasteiger charge is -2.29. The molecule has 4 rings (SSSR count). The van der Waals surface area contributed by atoms with E-state index in [4.69, 9.17) is 18.9 Å². The van der Waals surface area contributed by atoms with E-state index < -0.39 is 6.04 Å². The van der Waals surface area contributed by atoms with Gasteiger partial charge in [0.25, 0.3) is 5.91 Å². The maximum Gasteiger partial charge on any atom is 0.255 e. The maximum absolute atomic E-state index is 13.6. The number of anilines is 2. The lowest BCUT2D eigenvalue weighted by Crippen LogP contribution is -2.31. The summed E-state index contributed by atoms with van der Waals surface area (Å²) in [5, 5.41) is 10.5. The predicted octanol–water partition coefficient (Wildman–Crippen LogP) is 3.63. The number of carbonyl (C=O) groups is 1. The van der Waals surface area contributed by atoms with Gasteiger partial charge in [0, 0.05) is 11.8 Å². The molecule has 1 aliphatic heterocycles. The molecule has 0 fully saturated rings. The normalized spacial score (nSPS) is 14.7. The van der Waals surface area contributed by atoms with E-state index in [9.17, 15) is 4.79 Å². The zero-order valence-electron chi connectivity index (χ0n) is 19.7. The molecule has 0 spiro atoms. The Labute approximate surface area is 197 Å². The van der Waals surface area contributed by atoms with Crippen molar-refractivity contribution >= 4 is 17.5 Å². The molecule has 34 heavy (non-hydrogen) atoms. The summed E-state index contributed by atoms with van der Waals surface area (Å²) in [5.41, 5.74) is 2.44. The number of hydrogen-bond acceptors (Lipinski definition) is 8. The smallest absolute Gasteiger partial charge is 0.255 e. The molecular weight excluding hydrogens is 438 g/mol. The second kappa shape index (κ2) is 9.74. The summed E-state index contributed by atoms with van der Waals surface area (Å²) in [5.74, 6) is 2.51. The van der Waals surface area contributed by atoms with Crippen molar-refractivity contribution in [1.82, 2.24) is 14.8 Å². The van der Waals surface area contributed by atoms with Crippen LogP contribution in [0.25, 0.3) is 0 Å². The van der Waals surface area contributed by atoms with Crippen LogP contribution in [-0.4, -0.2) is 48.6 Å². The standard InChI is InChI=1S/C24H27N5O5/c1-6-34-20-11-15(7-10-18(20)32-4)22-21(14(2)27-24-25-13-26-29(22)24)23(30)28-17-9-8-16(31-3)12-19(17)33-5/h7-13,22H,6H2,1-5H3,(H,28,30)(H,25,26,27)/t22-/m1/s1. The second-order valence-electron chi connectivity index (χ2n) is 7.46. The maximum atomic E-state index is 13.6. The number of amides is 1. The van der Waals surface area contributed by atoms with Crippen LogP contribution in [0.5, 0.6) is 23.0 Å². The van der Waals surface area contributed by atoms with E-state index in [1.807, 2.05) is 32.0 Å². The van der Waals surface area contributed by atoms with Crippen molar-refractivity contribution in [3.05, 3.63) is 59.6 Å². The van der Waals surface area contributed by atoms with Gasteiger partial charge >= 0.3 is 0 Å². The number of fused-ring (bicyclic) bond motifs is 1. The zero-order chi connectivity index (χ0) is 24.2. The van der Waals surface area contributed by atoms with E-state index in [1.165, 1.54) is 13.4 Å². The molecule has 0 radical (unpaired) electrons. The fourth-order valence-corrected chi connectivity index (χ4v) is 3.92. The van der Waals surface area contributed by atoms with Gasteiger partial charge < -0.3 is 29.6 Å². The molecule has 178 valence electrons. The summed E-state index contributed by atoms with van der Waals surface area (Å²) in [7, 11) is 4.69. The number of ether oxygens (including phenoxy) is 4. The van der Waals surface area contributed by atoms with Crippen LogP contribution in [0, 0.1) is 0 Å². The Morgan fingerprint density at radius 3 is 2.56 bits per heavy atom. The number of benzene rings is 2. The van der Waals surface area contributed by atoms with Crippen LogP contribution in [0.1, 0.15) is 25.5 Å². The minimum absolute atomic E-state index is 0.312. The van der Waals surface area contributed by atoms with Gasteiger partial charge in [-0.05, 0) is 43.7 Å². The van der Waals surface area contributed by atoms with Gasteiger partial charge in [0.1, 0.15) is 23.9 Å². The van der Waals surface area contributed by atoms with Crippen LogP contribution in [0.15, 0.2) is 54.0 Å². The van der Waals surface area contributed by atoms with Gasteiger partial charge in [0.15, 0.2) is 11.5 Å². The number of aromatic nitrogens is 3. The molecule has 1 aliphatic rings. The highest BCUT2D eigenvalue weighted by Crippen LogP contribution is 2.39. The molecule has 2 aromatic carbocycles. The van der Waals surface area contributed by atoms with E-state index >= 15 is 0 Å². The first-order valence-corrected chi connectivity index (χ1v) is 10.7. The monoisotopic (exact) mass is 465 g/mol. The third-order valence-electron chi connectivity index (χ3n) is 5.50. The van der Waals surface area contributed by atoms with Gasteiger partial charge in [-0.2, -0.15) is 10.1 Å². The highest BCUT2D eigenvalue weighted by Gasteiger charge is 2.34. The Kier molecular flexibility index (Phi) is 6.58. The van der Waals surface area contributed by atoms with E-state index in [0.29, 0.717) is 52.5 Å². The molecular formula is C24H27N5O5. The third kappa shape index (κ3) is 4.21. The Morgan fingerprint density at radius 2 is 1.85 bits per heavy atom. The van der Waals surface area contributed by atoms with Crippen molar-refractivity contribution in [2.24, 2.45) is 0 Å². The van der Waals surface area contributed by atoms with Crippen molar-refractivity contribution in [3.63, 3.8) is 0 Å². The number of nitrogens with one attached hydrogen (secondary N) is 2. The summed E-state index contributed by atoms with van der Waals surface area (Å²) in [4.78, 5) is 17.9. The molecule has 0 bridgehead atoms. The third-order valence-corrected chi connectivity index (χ3v) is 5.50.